The first-order chi connectivity index (χ1) is 12.1. The number of benzene rings is 2. The van der Waals surface area contributed by atoms with Gasteiger partial charge >= 0.3 is 5.97 Å². The number of nitrogens with zero attached hydrogens (tertiary/aromatic N) is 2. The zero-order chi connectivity index (χ0) is 17.8. The second kappa shape index (κ2) is 7.40. The summed E-state index contributed by atoms with van der Waals surface area (Å²) in [6.45, 7) is 1.91. The molecule has 1 N–H and O–H groups in total. The number of halogens is 1. The van der Waals surface area contributed by atoms with Crippen LogP contribution in [0.5, 0.6) is 11.6 Å². The molecule has 0 bridgehead atoms. The Morgan fingerprint density at radius 3 is 2.60 bits per heavy atom. The molecule has 0 aliphatic heterocycles. The van der Waals surface area contributed by atoms with E-state index in [4.69, 9.17) is 16.3 Å². The summed E-state index contributed by atoms with van der Waals surface area (Å²) in [6.07, 6.45) is 1.01. The van der Waals surface area contributed by atoms with Crippen LogP contribution >= 0.6 is 11.6 Å². The predicted octanol–water partition coefficient (Wildman–Crippen LogP) is 4.60. The summed E-state index contributed by atoms with van der Waals surface area (Å²) >= 11 is 5.94. The summed E-state index contributed by atoms with van der Waals surface area (Å²) in [5.41, 5.74) is 1.76. The van der Waals surface area contributed by atoms with Gasteiger partial charge in [-0.3, -0.25) is 4.79 Å². The highest BCUT2D eigenvalue weighted by atomic mass is 35.5. The molecule has 0 amide bonds. The van der Waals surface area contributed by atoms with Gasteiger partial charge < -0.3 is 9.84 Å². The van der Waals surface area contributed by atoms with Crippen LogP contribution in [0.4, 0.5) is 0 Å². The summed E-state index contributed by atoms with van der Waals surface area (Å²) in [5.74, 6) is 0.0650. The Bertz CT molecular complexity index is 888. The van der Waals surface area contributed by atoms with E-state index in [0.717, 1.165) is 0 Å². The van der Waals surface area contributed by atoms with Crippen LogP contribution in [0.2, 0.25) is 5.02 Å². The van der Waals surface area contributed by atoms with E-state index in [0.29, 0.717) is 40.7 Å². The monoisotopic (exact) mass is 356 g/mol. The fourth-order valence-electron chi connectivity index (χ4n) is 2.40. The molecule has 5 nitrogen and oxygen atoms in total. The fraction of sp³-hybridized carbons (Fsp3) is 0.158. The molecule has 0 aliphatic carbocycles. The highest BCUT2D eigenvalue weighted by molar-refractivity contribution is 6.30. The molecule has 0 radical (unpaired) electrons. The van der Waals surface area contributed by atoms with Gasteiger partial charge in [-0.2, -0.15) is 5.10 Å². The number of phenols is 1. The quantitative estimate of drug-likeness (QED) is 0.678. The van der Waals surface area contributed by atoms with Gasteiger partial charge in [0.05, 0.1) is 5.69 Å². The maximum atomic E-state index is 11.9. The van der Waals surface area contributed by atoms with E-state index in [9.17, 15) is 9.90 Å². The Kier molecular flexibility index (Phi) is 5.05. The summed E-state index contributed by atoms with van der Waals surface area (Å²) in [7, 11) is 0. The number of phenolic OH excluding ortho intramolecular Hbond substituents is 1. The topological polar surface area (TPSA) is 64.3 Å². The zero-order valence-corrected chi connectivity index (χ0v) is 14.4. The third-order valence-electron chi connectivity index (χ3n) is 3.60. The zero-order valence-electron chi connectivity index (χ0n) is 13.6. The van der Waals surface area contributed by atoms with E-state index in [2.05, 4.69) is 5.10 Å². The van der Waals surface area contributed by atoms with Crippen LogP contribution in [-0.4, -0.2) is 20.9 Å². The second-order valence-corrected chi connectivity index (χ2v) is 5.93. The molecule has 25 heavy (non-hydrogen) atoms. The van der Waals surface area contributed by atoms with E-state index in [1.54, 1.807) is 54.6 Å². The van der Waals surface area contributed by atoms with Crippen molar-refractivity contribution in [1.82, 2.24) is 9.78 Å². The van der Waals surface area contributed by atoms with E-state index in [1.807, 2.05) is 6.92 Å². The summed E-state index contributed by atoms with van der Waals surface area (Å²) in [5, 5.41) is 15.2. The number of carbonyl (C=O) groups is 1. The van der Waals surface area contributed by atoms with Crippen molar-refractivity contribution in [3.05, 3.63) is 59.6 Å². The minimum Gasteiger partial charge on any atom is -0.507 e. The average Bonchev–Trinajstić information content (AvgIpc) is 2.99. The van der Waals surface area contributed by atoms with Gasteiger partial charge in [0, 0.05) is 23.1 Å². The lowest BCUT2D eigenvalue weighted by Crippen LogP contribution is -2.10. The van der Waals surface area contributed by atoms with Crippen LogP contribution in [0.1, 0.15) is 19.8 Å². The standard InChI is InChI=1S/C19H17ClN2O3/c1-2-5-19(24)25-18-12-16(15-6-3-4-7-17(15)23)21-22(18)14-10-8-13(20)9-11-14/h3-4,6-12,23H,2,5H2,1H3. The molecule has 2 aromatic carbocycles. The van der Waals surface area contributed by atoms with Gasteiger partial charge in [0.25, 0.3) is 0 Å². The smallest absolute Gasteiger partial charge is 0.312 e. The van der Waals surface area contributed by atoms with Gasteiger partial charge in [-0.25, -0.2) is 4.68 Å². The molecule has 0 atom stereocenters. The van der Waals surface area contributed by atoms with Crippen molar-refractivity contribution >= 4 is 17.6 Å². The maximum absolute atomic E-state index is 11.9. The Labute approximate surface area is 150 Å². The number of rotatable bonds is 5. The van der Waals surface area contributed by atoms with Crippen molar-refractivity contribution in [1.29, 1.82) is 0 Å². The minimum absolute atomic E-state index is 0.106. The lowest BCUT2D eigenvalue weighted by Gasteiger charge is -2.07. The highest BCUT2D eigenvalue weighted by Gasteiger charge is 2.17. The van der Waals surface area contributed by atoms with Crippen molar-refractivity contribution in [3.63, 3.8) is 0 Å². The van der Waals surface area contributed by atoms with Crippen LogP contribution < -0.4 is 4.74 Å². The maximum Gasteiger partial charge on any atom is 0.312 e. The molecule has 0 saturated heterocycles. The number of hydrogen-bond donors (Lipinski definition) is 1. The van der Waals surface area contributed by atoms with Crippen molar-refractivity contribution in [2.45, 2.75) is 19.8 Å². The Morgan fingerprint density at radius 2 is 1.92 bits per heavy atom. The molecule has 0 saturated carbocycles. The third kappa shape index (κ3) is 3.83. The van der Waals surface area contributed by atoms with Crippen LogP contribution in [0.25, 0.3) is 16.9 Å². The lowest BCUT2D eigenvalue weighted by molar-refractivity contribution is -0.134. The van der Waals surface area contributed by atoms with Gasteiger partial charge in [0.2, 0.25) is 5.88 Å². The molecular weight excluding hydrogens is 340 g/mol. The first kappa shape index (κ1) is 17.0. The third-order valence-corrected chi connectivity index (χ3v) is 3.85. The largest absolute Gasteiger partial charge is 0.507 e. The first-order valence-corrected chi connectivity index (χ1v) is 8.31. The molecule has 0 unspecified atom stereocenters. The summed E-state index contributed by atoms with van der Waals surface area (Å²) in [4.78, 5) is 11.9. The van der Waals surface area contributed by atoms with Gasteiger partial charge in [-0.05, 0) is 42.8 Å². The van der Waals surface area contributed by atoms with Gasteiger partial charge in [0.15, 0.2) is 0 Å². The second-order valence-electron chi connectivity index (χ2n) is 5.50. The molecule has 0 fully saturated rings. The number of hydrogen-bond acceptors (Lipinski definition) is 4. The first-order valence-electron chi connectivity index (χ1n) is 7.93. The molecule has 0 aliphatic rings. The number of para-hydroxylation sites is 1. The van der Waals surface area contributed by atoms with Gasteiger partial charge in [-0.1, -0.05) is 30.7 Å². The summed E-state index contributed by atoms with van der Waals surface area (Å²) < 4.78 is 6.98. The lowest BCUT2D eigenvalue weighted by atomic mass is 10.1. The van der Waals surface area contributed by atoms with Gasteiger partial charge in [-0.15, -0.1) is 0 Å². The normalized spacial score (nSPS) is 10.6. The summed E-state index contributed by atoms with van der Waals surface area (Å²) in [6, 6.07) is 15.5. The van der Waals surface area contributed by atoms with Crippen molar-refractivity contribution < 1.29 is 14.6 Å². The molecule has 3 aromatic rings. The molecule has 3 rings (SSSR count). The van der Waals surface area contributed by atoms with Crippen LogP contribution in [0.3, 0.4) is 0 Å². The Balaban J connectivity index is 2.06. The van der Waals surface area contributed by atoms with E-state index in [1.165, 1.54) is 4.68 Å². The van der Waals surface area contributed by atoms with Crippen LogP contribution in [0, 0.1) is 0 Å². The van der Waals surface area contributed by atoms with Crippen molar-refractivity contribution in [3.8, 4) is 28.6 Å². The van der Waals surface area contributed by atoms with Gasteiger partial charge in [0.1, 0.15) is 11.4 Å². The van der Waals surface area contributed by atoms with Crippen molar-refractivity contribution in [2.75, 3.05) is 0 Å². The number of carbonyl (C=O) groups excluding carboxylic acids is 1. The number of ether oxygens (including phenoxy) is 1. The SMILES string of the molecule is CCCC(=O)Oc1cc(-c2ccccc2O)nn1-c1ccc(Cl)cc1. The molecule has 128 valence electrons. The molecule has 1 heterocycles. The van der Waals surface area contributed by atoms with E-state index >= 15 is 0 Å². The van der Waals surface area contributed by atoms with E-state index < -0.39 is 0 Å². The predicted molar refractivity (Wildman–Crippen MR) is 96.2 cm³/mol. The molecule has 6 heteroatoms. The highest BCUT2D eigenvalue weighted by Crippen LogP contribution is 2.32. The fourth-order valence-corrected chi connectivity index (χ4v) is 2.52. The molecular formula is C19H17ClN2O3. The Hall–Kier alpha value is -2.79. The van der Waals surface area contributed by atoms with E-state index in [-0.39, 0.29) is 11.7 Å². The Morgan fingerprint density at radius 1 is 1.20 bits per heavy atom. The number of aromatic nitrogens is 2. The van der Waals surface area contributed by atoms with Crippen molar-refractivity contribution in [2.24, 2.45) is 0 Å². The number of aromatic hydroxyl groups is 1. The van der Waals surface area contributed by atoms with Crippen LogP contribution in [-0.2, 0) is 4.79 Å². The molecule has 0 spiro atoms. The molecule has 1 aromatic heterocycles. The average molecular weight is 357 g/mol. The number of esters is 1. The minimum atomic E-state index is -0.332. The van der Waals surface area contributed by atoms with Crippen LogP contribution in [0.15, 0.2) is 54.6 Å².